The second-order valence-corrected chi connectivity index (χ2v) is 7.92. The molecule has 142 valence electrons. The Labute approximate surface area is 171 Å². The van der Waals surface area contributed by atoms with Crippen LogP contribution in [0.4, 0.5) is 5.69 Å². The maximum absolute atomic E-state index is 12.4. The summed E-state index contributed by atoms with van der Waals surface area (Å²) in [6, 6.07) is 24.0. The highest BCUT2D eigenvalue weighted by Crippen LogP contribution is 2.49. The molecule has 1 aliphatic rings. The molecule has 0 saturated carbocycles. The highest BCUT2D eigenvalue weighted by atomic mass is 32.2. The van der Waals surface area contributed by atoms with Gasteiger partial charge in [0.25, 0.3) is 5.91 Å². The first-order chi connectivity index (χ1) is 14.2. The number of rotatable bonds is 4. The van der Waals surface area contributed by atoms with Crippen molar-refractivity contribution in [2.75, 3.05) is 5.75 Å². The number of fused-ring (bicyclic) bond motifs is 4. The van der Waals surface area contributed by atoms with Gasteiger partial charge in [0.05, 0.1) is 16.5 Å². The number of thioether (sulfide) groups is 1. The molecule has 6 heteroatoms. The van der Waals surface area contributed by atoms with Gasteiger partial charge in [0, 0.05) is 5.39 Å². The summed E-state index contributed by atoms with van der Waals surface area (Å²) in [6.07, 6.45) is 0. The number of aromatic amines is 1. The maximum atomic E-state index is 12.4. The molecule has 0 unspecified atom stereocenters. The number of aromatic nitrogens is 1. The molecule has 1 amide bonds. The van der Waals surface area contributed by atoms with Gasteiger partial charge in [-0.1, -0.05) is 66.7 Å². The highest BCUT2D eigenvalue weighted by molar-refractivity contribution is 8.00. The molecule has 0 spiro atoms. The third-order valence-corrected chi connectivity index (χ3v) is 6.33. The van der Waals surface area contributed by atoms with Crippen LogP contribution in [0.1, 0.15) is 16.4 Å². The number of azo groups is 1. The first-order valence-electron chi connectivity index (χ1n) is 9.26. The van der Waals surface area contributed by atoms with E-state index in [0.717, 1.165) is 10.9 Å². The van der Waals surface area contributed by atoms with Crippen molar-refractivity contribution < 1.29 is 9.90 Å². The Balaban J connectivity index is 1.35. The third kappa shape index (κ3) is 3.11. The van der Waals surface area contributed by atoms with Crippen LogP contribution in [0.2, 0.25) is 0 Å². The molecule has 1 heterocycles. The van der Waals surface area contributed by atoms with Gasteiger partial charge in [0.15, 0.2) is 5.69 Å². The second kappa shape index (κ2) is 7.22. The van der Waals surface area contributed by atoms with Crippen molar-refractivity contribution in [1.82, 2.24) is 4.98 Å². The van der Waals surface area contributed by atoms with E-state index in [1.165, 1.54) is 22.3 Å². The van der Waals surface area contributed by atoms with Crippen molar-refractivity contribution in [3.8, 4) is 17.0 Å². The molecule has 5 nitrogen and oxygen atoms in total. The Morgan fingerprint density at radius 3 is 2.28 bits per heavy atom. The van der Waals surface area contributed by atoms with Crippen LogP contribution >= 0.6 is 11.8 Å². The van der Waals surface area contributed by atoms with E-state index >= 15 is 0 Å². The first-order valence-corrected chi connectivity index (χ1v) is 10.3. The average molecular weight is 399 g/mol. The van der Waals surface area contributed by atoms with E-state index in [4.69, 9.17) is 0 Å². The molecule has 2 N–H and O–H groups in total. The number of para-hydroxylation sites is 1. The van der Waals surface area contributed by atoms with Gasteiger partial charge in [-0.15, -0.1) is 22.0 Å². The minimum atomic E-state index is -0.332. The zero-order valence-corrected chi connectivity index (χ0v) is 16.2. The van der Waals surface area contributed by atoms with E-state index < -0.39 is 0 Å². The number of carbonyl (C=O) groups is 1. The van der Waals surface area contributed by atoms with Gasteiger partial charge in [0.2, 0.25) is 5.88 Å². The van der Waals surface area contributed by atoms with Crippen molar-refractivity contribution in [3.05, 3.63) is 83.9 Å². The number of nitrogens with zero attached hydrogens (tertiary/aromatic N) is 2. The van der Waals surface area contributed by atoms with Gasteiger partial charge in [-0.3, -0.25) is 4.79 Å². The topological polar surface area (TPSA) is 77.8 Å². The van der Waals surface area contributed by atoms with Crippen molar-refractivity contribution in [2.45, 2.75) is 5.25 Å². The lowest BCUT2D eigenvalue weighted by Crippen LogP contribution is -2.00. The molecule has 0 radical (unpaired) electrons. The summed E-state index contributed by atoms with van der Waals surface area (Å²) in [4.78, 5) is 15.2. The van der Waals surface area contributed by atoms with Gasteiger partial charge in [-0.2, -0.15) is 0 Å². The maximum Gasteiger partial charge on any atom is 0.274 e. The summed E-state index contributed by atoms with van der Waals surface area (Å²) < 4.78 is 0. The summed E-state index contributed by atoms with van der Waals surface area (Å²) >= 11 is 1.55. The molecule has 29 heavy (non-hydrogen) atoms. The minimum Gasteiger partial charge on any atom is -0.493 e. The quantitative estimate of drug-likeness (QED) is 0.414. The van der Waals surface area contributed by atoms with E-state index in [9.17, 15) is 9.90 Å². The molecule has 1 aliphatic carbocycles. The van der Waals surface area contributed by atoms with Crippen LogP contribution in [0.25, 0.3) is 22.0 Å². The summed E-state index contributed by atoms with van der Waals surface area (Å²) in [5, 5.41) is 18.7. The Kier molecular flexibility index (Phi) is 4.41. The molecule has 0 aliphatic heterocycles. The number of amides is 1. The molecule has 0 saturated heterocycles. The second-order valence-electron chi connectivity index (χ2n) is 6.83. The molecule has 1 aromatic heterocycles. The monoisotopic (exact) mass is 399 g/mol. The Bertz CT molecular complexity index is 1220. The predicted molar refractivity (Wildman–Crippen MR) is 116 cm³/mol. The smallest absolute Gasteiger partial charge is 0.274 e. The van der Waals surface area contributed by atoms with Crippen LogP contribution in [0, 0.1) is 0 Å². The number of H-pyrrole nitrogens is 1. The van der Waals surface area contributed by atoms with Crippen LogP contribution in [-0.2, 0) is 4.79 Å². The molecule has 4 aromatic rings. The fraction of sp³-hybridized carbons (Fsp3) is 0.0870. The van der Waals surface area contributed by atoms with Gasteiger partial charge < -0.3 is 10.1 Å². The van der Waals surface area contributed by atoms with Crippen LogP contribution < -0.4 is 0 Å². The first kappa shape index (κ1) is 17.7. The van der Waals surface area contributed by atoms with Gasteiger partial charge >= 0.3 is 0 Å². The van der Waals surface area contributed by atoms with E-state index in [1.54, 1.807) is 11.8 Å². The molecular formula is C23H17N3O2S. The largest absolute Gasteiger partial charge is 0.493 e. The number of nitrogens with one attached hydrogen (secondary N) is 1. The summed E-state index contributed by atoms with van der Waals surface area (Å²) in [6.45, 7) is 0. The van der Waals surface area contributed by atoms with Gasteiger partial charge in [0.1, 0.15) is 0 Å². The molecule has 0 atom stereocenters. The average Bonchev–Trinajstić information content (AvgIpc) is 3.25. The van der Waals surface area contributed by atoms with Gasteiger partial charge in [-0.05, 0) is 28.3 Å². The van der Waals surface area contributed by atoms with E-state index in [-0.39, 0.29) is 28.5 Å². The van der Waals surface area contributed by atoms with E-state index in [2.05, 4.69) is 39.5 Å². The highest BCUT2D eigenvalue weighted by Gasteiger charge is 2.28. The Hall–Kier alpha value is -3.38. The summed E-state index contributed by atoms with van der Waals surface area (Å²) in [7, 11) is 0. The number of hydrogen-bond donors (Lipinski definition) is 2. The van der Waals surface area contributed by atoms with Crippen LogP contribution in [0.15, 0.2) is 83.0 Å². The minimum absolute atomic E-state index is 0.0888. The number of benzene rings is 3. The Morgan fingerprint density at radius 1 is 0.931 bits per heavy atom. The van der Waals surface area contributed by atoms with E-state index in [1.807, 2.05) is 48.5 Å². The molecule has 0 bridgehead atoms. The van der Waals surface area contributed by atoms with E-state index in [0.29, 0.717) is 0 Å². The Morgan fingerprint density at radius 2 is 1.55 bits per heavy atom. The van der Waals surface area contributed by atoms with Crippen molar-refractivity contribution in [1.29, 1.82) is 0 Å². The van der Waals surface area contributed by atoms with Crippen molar-refractivity contribution in [3.63, 3.8) is 0 Å². The molecule has 5 rings (SSSR count). The van der Waals surface area contributed by atoms with Crippen LogP contribution in [-0.4, -0.2) is 21.8 Å². The third-order valence-electron chi connectivity index (χ3n) is 5.07. The number of hydrogen-bond acceptors (Lipinski definition) is 4. The zero-order valence-electron chi connectivity index (χ0n) is 15.4. The molecular weight excluding hydrogens is 382 g/mol. The molecule has 3 aromatic carbocycles. The number of carbonyl (C=O) groups excluding carboxylic acids is 1. The normalized spacial score (nSPS) is 13.1. The lowest BCUT2D eigenvalue weighted by Gasteiger charge is -2.11. The lowest BCUT2D eigenvalue weighted by atomic mass is 10.1. The standard InChI is InChI=1S/C23H17N3O2S/c27-20(25-26-21-18-11-5-6-12-19(18)24-23(21)28)13-29-22-16-9-3-1-7-14(16)15-8-2-4-10-17(15)22/h1-12,22,24,28H,13H2. The zero-order chi connectivity index (χ0) is 19.8. The van der Waals surface area contributed by atoms with Crippen LogP contribution in [0.3, 0.4) is 0 Å². The van der Waals surface area contributed by atoms with Crippen molar-refractivity contribution >= 4 is 34.3 Å². The predicted octanol–water partition coefficient (Wildman–Crippen LogP) is 5.99. The fourth-order valence-corrected chi connectivity index (χ4v) is 4.93. The number of aromatic hydroxyl groups is 1. The van der Waals surface area contributed by atoms with Gasteiger partial charge in [-0.25, -0.2) is 0 Å². The lowest BCUT2D eigenvalue weighted by molar-refractivity contribution is -0.115. The summed E-state index contributed by atoms with van der Waals surface area (Å²) in [5.74, 6) is -0.212. The van der Waals surface area contributed by atoms with Crippen molar-refractivity contribution in [2.24, 2.45) is 10.2 Å². The molecule has 0 fully saturated rings. The summed E-state index contributed by atoms with van der Waals surface area (Å²) in [5.41, 5.74) is 5.92. The van der Waals surface area contributed by atoms with Crippen LogP contribution in [0.5, 0.6) is 5.88 Å². The SMILES string of the molecule is O=C(CSC1c2ccccc2-c2ccccc21)N=Nc1c(O)[nH]c2ccccc12. The fourth-order valence-electron chi connectivity index (χ4n) is 3.79.